The molecule has 1 aromatic carbocycles. The molecular formula is C28H35NO8. The maximum absolute atomic E-state index is 13.1. The van der Waals surface area contributed by atoms with Gasteiger partial charge in [0.2, 0.25) is 6.10 Å². The van der Waals surface area contributed by atoms with Crippen LogP contribution in [-0.2, 0) is 40.4 Å². The number of nitrogens with zero attached hydrogens (tertiary/aromatic N) is 1. The molecule has 0 saturated carbocycles. The van der Waals surface area contributed by atoms with Crippen molar-refractivity contribution in [1.29, 1.82) is 0 Å². The van der Waals surface area contributed by atoms with Crippen molar-refractivity contribution in [2.45, 2.75) is 95.2 Å². The maximum Gasteiger partial charge on any atom is 0.348 e. The van der Waals surface area contributed by atoms with Crippen LogP contribution in [0, 0.1) is 6.92 Å². The van der Waals surface area contributed by atoms with Gasteiger partial charge in [0.1, 0.15) is 17.1 Å². The van der Waals surface area contributed by atoms with Crippen LogP contribution in [0.4, 0.5) is 0 Å². The Balaban J connectivity index is 1.45. The average Bonchev–Trinajstić information content (AvgIpc) is 3.14. The number of benzene rings is 1. The number of esters is 3. The van der Waals surface area contributed by atoms with Crippen molar-refractivity contribution in [3.8, 4) is 5.75 Å². The van der Waals surface area contributed by atoms with Gasteiger partial charge in [-0.25, -0.2) is 4.79 Å². The second kappa shape index (κ2) is 8.56. The summed E-state index contributed by atoms with van der Waals surface area (Å²) in [6.45, 7) is 8.97. The maximum atomic E-state index is 13.1. The largest absolute Gasteiger partial charge is 0.481 e. The Hall–Kier alpha value is -2.91. The van der Waals surface area contributed by atoms with Gasteiger partial charge >= 0.3 is 17.9 Å². The lowest BCUT2D eigenvalue weighted by Crippen LogP contribution is -2.74. The fourth-order valence-corrected chi connectivity index (χ4v) is 6.65. The number of rotatable bonds is 5. The monoisotopic (exact) mass is 513 g/mol. The Labute approximate surface area is 216 Å². The molecule has 4 aliphatic rings. The predicted molar refractivity (Wildman–Crippen MR) is 132 cm³/mol. The minimum Gasteiger partial charge on any atom is -0.481 e. The van der Waals surface area contributed by atoms with E-state index in [1.54, 1.807) is 26.8 Å². The lowest BCUT2D eigenvalue weighted by Gasteiger charge is -2.61. The number of carbonyl (C=O) groups excluding carboxylic acids is 3. The van der Waals surface area contributed by atoms with Gasteiger partial charge < -0.3 is 29.0 Å². The van der Waals surface area contributed by atoms with Gasteiger partial charge in [-0.15, -0.1) is 0 Å². The molecule has 2 heterocycles. The fourth-order valence-electron chi connectivity index (χ4n) is 6.65. The zero-order valence-electron chi connectivity index (χ0n) is 22.3. The molecule has 2 aliphatic heterocycles. The first-order valence-corrected chi connectivity index (χ1v) is 12.8. The van der Waals surface area contributed by atoms with E-state index in [9.17, 15) is 19.5 Å². The molecule has 0 aromatic heterocycles. The fraction of sp³-hybridized carbons (Fsp3) is 0.607. The Kier molecular flexibility index (Phi) is 5.95. The molecule has 1 saturated heterocycles. The molecule has 2 bridgehead atoms. The number of ether oxygens (including phenoxy) is 4. The molecule has 5 atom stereocenters. The second-order valence-electron chi connectivity index (χ2n) is 11.7. The summed E-state index contributed by atoms with van der Waals surface area (Å²) in [7, 11) is 2.03. The minimum absolute atomic E-state index is 0.0949. The van der Waals surface area contributed by atoms with Crippen molar-refractivity contribution >= 4 is 17.9 Å². The average molecular weight is 514 g/mol. The molecular weight excluding hydrogens is 478 g/mol. The number of hydrogen-bond donors (Lipinski definition) is 1. The van der Waals surface area contributed by atoms with Crippen LogP contribution in [0.3, 0.4) is 0 Å². The number of aryl methyl sites for hydroxylation is 1. The van der Waals surface area contributed by atoms with E-state index in [-0.39, 0.29) is 6.04 Å². The van der Waals surface area contributed by atoms with Crippen LogP contribution in [0.15, 0.2) is 24.0 Å². The number of likely N-dealkylation sites (tertiary alicyclic amines) is 1. The summed E-state index contributed by atoms with van der Waals surface area (Å²) >= 11 is 0. The Morgan fingerprint density at radius 2 is 2.00 bits per heavy atom. The van der Waals surface area contributed by atoms with Gasteiger partial charge in [0.05, 0.1) is 17.4 Å². The standard InChI is InChI=1S/C28H35NO8/c1-15-7-8-17-13-20-28(33)10-9-18(24-27(28,11-12-29(20)6)22(17)23(15)36-24)35-21(31)14-19(34-16(2)30)25(32)37-26(3,4)5/h7-9,19-20,24,33H,10-14H2,1-6H3/t19-,20+,24-,27-,28+/m0/s1. The molecule has 1 aromatic rings. The van der Waals surface area contributed by atoms with E-state index in [0.717, 1.165) is 42.3 Å². The normalized spacial score (nSPS) is 30.4. The van der Waals surface area contributed by atoms with Crippen molar-refractivity contribution in [3.05, 3.63) is 40.7 Å². The lowest BCUT2D eigenvalue weighted by atomic mass is 9.50. The van der Waals surface area contributed by atoms with E-state index in [2.05, 4.69) is 11.0 Å². The van der Waals surface area contributed by atoms with Crippen molar-refractivity contribution in [2.24, 2.45) is 0 Å². The first-order chi connectivity index (χ1) is 17.3. The first kappa shape index (κ1) is 25.7. The molecule has 37 heavy (non-hydrogen) atoms. The highest BCUT2D eigenvalue weighted by molar-refractivity contribution is 5.84. The Bertz CT molecular complexity index is 1200. The van der Waals surface area contributed by atoms with Crippen molar-refractivity contribution in [3.63, 3.8) is 0 Å². The molecule has 0 unspecified atom stereocenters. The zero-order chi connectivity index (χ0) is 26.9. The summed E-state index contributed by atoms with van der Waals surface area (Å²) in [5.41, 5.74) is 0.495. The molecule has 1 N–H and O–H groups in total. The van der Waals surface area contributed by atoms with Crippen molar-refractivity contribution < 1.29 is 38.4 Å². The quantitative estimate of drug-likeness (QED) is 0.469. The van der Waals surface area contributed by atoms with Crippen LogP contribution in [-0.4, -0.2) is 71.0 Å². The van der Waals surface area contributed by atoms with Gasteiger partial charge in [-0.1, -0.05) is 12.1 Å². The number of hydrogen-bond acceptors (Lipinski definition) is 9. The highest BCUT2D eigenvalue weighted by atomic mass is 16.6. The Morgan fingerprint density at radius 3 is 2.68 bits per heavy atom. The van der Waals surface area contributed by atoms with Gasteiger partial charge in [0, 0.05) is 24.9 Å². The molecule has 200 valence electrons. The molecule has 0 amide bonds. The zero-order valence-corrected chi connectivity index (χ0v) is 22.3. The molecule has 1 fully saturated rings. The summed E-state index contributed by atoms with van der Waals surface area (Å²) in [5.74, 6) is -1.21. The van der Waals surface area contributed by atoms with Gasteiger partial charge in [0.25, 0.3) is 0 Å². The van der Waals surface area contributed by atoms with Crippen molar-refractivity contribution in [1.82, 2.24) is 4.90 Å². The third-order valence-corrected chi connectivity index (χ3v) is 8.13. The highest BCUT2D eigenvalue weighted by Crippen LogP contribution is 2.64. The summed E-state index contributed by atoms with van der Waals surface area (Å²) in [6.07, 6.45) is 0.781. The highest BCUT2D eigenvalue weighted by Gasteiger charge is 2.71. The van der Waals surface area contributed by atoms with E-state index in [1.807, 2.05) is 20.0 Å². The minimum atomic E-state index is -1.43. The van der Waals surface area contributed by atoms with Crippen LogP contribution in [0.25, 0.3) is 0 Å². The van der Waals surface area contributed by atoms with Crippen molar-refractivity contribution in [2.75, 3.05) is 13.6 Å². The topological polar surface area (TPSA) is 112 Å². The van der Waals surface area contributed by atoms with E-state index in [4.69, 9.17) is 18.9 Å². The molecule has 9 heteroatoms. The van der Waals surface area contributed by atoms with Crippen LogP contribution >= 0.6 is 0 Å². The van der Waals surface area contributed by atoms with Crippen LogP contribution < -0.4 is 4.74 Å². The summed E-state index contributed by atoms with van der Waals surface area (Å²) in [6, 6.07) is 4.05. The Morgan fingerprint density at radius 1 is 1.27 bits per heavy atom. The van der Waals surface area contributed by atoms with Gasteiger partial charge in [0.15, 0.2) is 6.10 Å². The molecule has 9 nitrogen and oxygen atoms in total. The van der Waals surface area contributed by atoms with E-state index in [0.29, 0.717) is 18.6 Å². The van der Waals surface area contributed by atoms with E-state index < -0.39 is 53.2 Å². The van der Waals surface area contributed by atoms with E-state index in [1.165, 1.54) is 0 Å². The predicted octanol–water partition coefficient (Wildman–Crippen LogP) is 2.48. The SMILES string of the molecule is CC(=O)O[C@@H](CC(=O)OC1=CC[C@@]2(O)[C@H]3Cc4ccc(C)c5c4[C@@]2(CCN3C)[C@H]1O5)C(=O)OC(C)(C)C. The van der Waals surface area contributed by atoms with Gasteiger partial charge in [-0.2, -0.15) is 0 Å². The van der Waals surface area contributed by atoms with E-state index >= 15 is 0 Å². The third kappa shape index (κ3) is 3.94. The molecule has 1 spiro atoms. The van der Waals surface area contributed by atoms with Crippen LogP contribution in [0.2, 0.25) is 0 Å². The molecule has 2 aliphatic carbocycles. The van der Waals surface area contributed by atoms with Gasteiger partial charge in [-0.3, -0.25) is 9.59 Å². The second-order valence-corrected chi connectivity index (χ2v) is 11.7. The van der Waals surface area contributed by atoms with Gasteiger partial charge in [-0.05, 0) is 71.3 Å². The molecule has 0 radical (unpaired) electrons. The summed E-state index contributed by atoms with van der Waals surface area (Å²) in [5, 5.41) is 12.2. The lowest BCUT2D eigenvalue weighted by molar-refractivity contribution is -0.179. The number of carbonyl (C=O) groups is 3. The smallest absolute Gasteiger partial charge is 0.348 e. The number of piperidine rings is 1. The first-order valence-electron chi connectivity index (χ1n) is 12.8. The number of aliphatic hydroxyl groups is 1. The summed E-state index contributed by atoms with van der Waals surface area (Å²) in [4.78, 5) is 39.5. The number of likely N-dealkylation sites (N-methyl/N-ethyl adjacent to an activating group) is 1. The van der Waals surface area contributed by atoms with Crippen LogP contribution in [0.5, 0.6) is 5.75 Å². The third-order valence-electron chi connectivity index (χ3n) is 8.13. The van der Waals surface area contributed by atoms with Crippen LogP contribution in [0.1, 0.15) is 63.6 Å². The summed E-state index contributed by atoms with van der Waals surface area (Å²) < 4.78 is 22.7. The molecule has 5 rings (SSSR count).